The molecule has 0 atom stereocenters. The number of anilines is 1. The van der Waals surface area contributed by atoms with E-state index in [0.29, 0.717) is 16.9 Å². The number of nitrogens with one attached hydrogen (secondary N) is 1. The highest BCUT2D eigenvalue weighted by Crippen LogP contribution is 2.28. The average Bonchev–Trinajstić information content (AvgIpc) is 3.00. The maximum absolute atomic E-state index is 13.1. The van der Waals surface area contributed by atoms with E-state index in [-0.39, 0.29) is 17.9 Å². The number of hydrogen-bond donors (Lipinski definition) is 1. The molecule has 0 aliphatic carbocycles. The Bertz CT molecular complexity index is 1100. The van der Waals surface area contributed by atoms with Gasteiger partial charge in [0.05, 0.1) is 6.10 Å². The Hall–Kier alpha value is -3.78. The molecule has 2 aromatic carbocycles. The number of furan rings is 1. The molecule has 0 fully saturated rings. The largest absolute Gasteiger partial charge is 0.491 e. The lowest BCUT2D eigenvalue weighted by atomic mass is 10.0. The molecule has 3 aromatic rings. The molecule has 1 amide bonds. The van der Waals surface area contributed by atoms with E-state index in [4.69, 9.17) is 9.15 Å². The average molecular weight is 400 g/mol. The van der Waals surface area contributed by atoms with Gasteiger partial charge in [0.25, 0.3) is 5.91 Å². The third-order valence-corrected chi connectivity index (χ3v) is 4.62. The number of aryl methyl sites for hydroxylation is 1. The van der Waals surface area contributed by atoms with Crippen LogP contribution in [-0.2, 0) is 4.79 Å². The Morgan fingerprint density at radius 2 is 1.77 bits per heavy atom. The molecular formula is C25H24N2O3. The Morgan fingerprint density at radius 1 is 1.10 bits per heavy atom. The summed E-state index contributed by atoms with van der Waals surface area (Å²) in [5.74, 6) is 1.19. The van der Waals surface area contributed by atoms with Gasteiger partial charge in [-0.25, -0.2) is 0 Å². The fourth-order valence-corrected chi connectivity index (χ4v) is 3.00. The van der Waals surface area contributed by atoms with Crippen molar-refractivity contribution in [2.75, 3.05) is 5.32 Å². The first-order valence-corrected chi connectivity index (χ1v) is 9.74. The minimum atomic E-state index is -0.353. The fraction of sp³-hybridized carbons (Fsp3) is 0.200. The van der Waals surface area contributed by atoms with Gasteiger partial charge in [-0.3, -0.25) is 10.1 Å². The highest BCUT2D eigenvalue weighted by atomic mass is 16.5. The number of rotatable bonds is 6. The zero-order valence-corrected chi connectivity index (χ0v) is 17.5. The zero-order chi connectivity index (χ0) is 21.7. The number of carbonyl (C=O) groups is 1. The van der Waals surface area contributed by atoms with Crippen LogP contribution in [0.2, 0.25) is 0 Å². The van der Waals surface area contributed by atoms with Crippen LogP contribution in [0.5, 0.6) is 5.75 Å². The van der Waals surface area contributed by atoms with Crippen molar-refractivity contribution in [1.82, 2.24) is 0 Å². The third-order valence-electron chi connectivity index (χ3n) is 4.62. The number of hydrogen-bond acceptors (Lipinski definition) is 4. The lowest BCUT2D eigenvalue weighted by molar-refractivity contribution is -0.111. The van der Waals surface area contributed by atoms with Crippen LogP contribution in [0.15, 0.2) is 59.0 Å². The summed E-state index contributed by atoms with van der Waals surface area (Å²) < 4.78 is 11.3. The van der Waals surface area contributed by atoms with Crippen molar-refractivity contribution in [3.63, 3.8) is 0 Å². The van der Waals surface area contributed by atoms with Gasteiger partial charge in [-0.05, 0) is 57.0 Å². The quantitative estimate of drug-likeness (QED) is 0.423. The molecule has 0 spiro atoms. The van der Waals surface area contributed by atoms with Gasteiger partial charge in [0.1, 0.15) is 23.1 Å². The van der Waals surface area contributed by atoms with Crippen LogP contribution in [0.1, 0.15) is 41.9 Å². The lowest BCUT2D eigenvalue weighted by Crippen LogP contribution is -2.14. The van der Waals surface area contributed by atoms with E-state index in [9.17, 15) is 10.1 Å². The molecule has 1 N–H and O–H groups in total. The predicted octanol–water partition coefficient (Wildman–Crippen LogP) is 5.73. The topological polar surface area (TPSA) is 75.3 Å². The first kappa shape index (κ1) is 20.9. The van der Waals surface area contributed by atoms with E-state index < -0.39 is 0 Å². The van der Waals surface area contributed by atoms with E-state index in [1.807, 2.05) is 68.4 Å². The molecule has 0 saturated heterocycles. The maximum atomic E-state index is 13.1. The van der Waals surface area contributed by atoms with E-state index in [1.165, 1.54) is 0 Å². The third kappa shape index (κ3) is 4.79. The maximum Gasteiger partial charge on any atom is 0.258 e. The van der Waals surface area contributed by atoms with Gasteiger partial charge in [0, 0.05) is 11.1 Å². The Morgan fingerprint density at radius 3 is 2.37 bits per heavy atom. The van der Waals surface area contributed by atoms with E-state index >= 15 is 0 Å². The highest BCUT2D eigenvalue weighted by molar-refractivity contribution is 6.29. The molecule has 3 rings (SSSR count). The molecule has 0 radical (unpaired) electrons. The lowest BCUT2D eigenvalue weighted by Gasteiger charge is -2.11. The fourth-order valence-electron chi connectivity index (χ4n) is 3.00. The number of amides is 1. The molecule has 5 nitrogen and oxygen atoms in total. The van der Waals surface area contributed by atoms with E-state index in [2.05, 4.69) is 11.4 Å². The molecule has 152 valence electrons. The van der Waals surface area contributed by atoms with Crippen molar-refractivity contribution in [3.05, 3.63) is 82.6 Å². The van der Waals surface area contributed by atoms with E-state index in [1.54, 1.807) is 19.9 Å². The first-order chi connectivity index (χ1) is 14.4. The van der Waals surface area contributed by atoms with Crippen LogP contribution < -0.4 is 10.1 Å². The molecule has 0 unspecified atom stereocenters. The number of nitrogens with zero attached hydrogens (tertiary/aromatic N) is 1. The van der Waals surface area contributed by atoms with Crippen LogP contribution in [0, 0.1) is 25.2 Å². The van der Waals surface area contributed by atoms with Crippen molar-refractivity contribution >= 4 is 23.4 Å². The second-order valence-electron chi connectivity index (χ2n) is 7.21. The second-order valence-corrected chi connectivity index (χ2v) is 7.21. The van der Waals surface area contributed by atoms with Crippen LogP contribution >= 0.6 is 0 Å². The molecule has 0 bridgehead atoms. The molecule has 0 saturated carbocycles. The van der Waals surface area contributed by atoms with Crippen molar-refractivity contribution in [2.24, 2.45) is 0 Å². The summed E-state index contributed by atoms with van der Waals surface area (Å²) >= 11 is 0. The van der Waals surface area contributed by atoms with E-state index in [0.717, 1.165) is 22.4 Å². The summed E-state index contributed by atoms with van der Waals surface area (Å²) in [6.45, 7) is 7.50. The summed E-state index contributed by atoms with van der Waals surface area (Å²) in [7, 11) is 0. The van der Waals surface area contributed by atoms with Gasteiger partial charge in [-0.2, -0.15) is 5.26 Å². The standard InChI is InChI=1S/C25H24N2O3/c1-16(2)29-21-12-10-19(11-13-21)14-22(20-8-6-5-7-9-20)24(28)27-25-23(15-26)17(3)18(4)30-25/h5-14,16H,1-4H3,(H,27,28)/b22-14+. The summed E-state index contributed by atoms with van der Waals surface area (Å²) in [4.78, 5) is 13.1. The minimum Gasteiger partial charge on any atom is -0.491 e. The van der Waals surface area contributed by atoms with Gasteiger partial charge in [-0.15, -0.1) is 0 Å². The van der Waals surface area contributed by atoms with Crippen molar-refractivity contribution in [3.8, 4) is 11.8 Å². The van der Waals surface area contributed by atoms with Gasteiger partial charge in [0.15, 0.2) is 0 Å². The minimum absolute atomic E-state index is 0.0894. The zero-order valence-electron chi connectivity index (χ0n) is 17.5. The Kier molecular flexibility index (Phi) is 6.38. The summed E-state index contributed by atoms with van der Waals surface area (Å²) in [5.41, 5.74) is 3.13. The number of benzene rings is 2. The monoisotopic (exact) mass is 400 g/mol. The molecule has 0 aliphatic heterocycles. The van der Waals surface area contributed by atoms with Gasteiger partial charge in [0.2, 0.25) is 5.88 Å². The van der Waals surface area contributed by atoms with Crippen molar-refractivity contribution in [1.29, 1.82) is 5.26 Å². The second kappa shape index (κ2) is 9.15. The molecular weight excluding hydrogens is 376 g/mol. The summed E-state index contributed by atoms with van der Waals surface area (Å²) in [6, 6.07) is 19.0. The Balaban J connectivity index is 1.96. The number of ether oxygens (including phenoxy) is 1. The van der Waals surface area contributed by atoms with Crippen molar-refractivity contribution < 1.29 is 13.9 Å². The smallest absolute Gasteiger partial charge is 0.258 e. The molecule has 1 aromatic heterocycles. The summed E-state index contributed by atoms with van der Waals surface area (Å²) in [6.07, 6.45) is 1.89. The van der Waals surface area contributed by atoms with Gasteiger partial charge < -0.3 is 9.15 Å². The normalized spacial score (nSPS) is 11.3. The molecule has 30 heavy (non-hydrogen) atoms. The van der Waals surface area contributed by atoms with Crippen molar-refractivity contribution in [2.45, 2.75) is 33.8 Å². The predicted molar refractivity (Wildman–Crippen MR) is 118 cm³/mol. The van der Waals surface area contributed by atoms with Crippen LogP contribution in [0.25, 0.3) is 11.6 Å². The van der Waals surface area contributed by atoms with Crippen LogP contribution in [-0.4, -0.2) is 12.0 Å². The van der Waals surface area contributed by atoms with Gasteiger partial charge >= 0.3 is 0 Å². The molecule has 1 heterocycles. The Labute approximate surface area is 176 Å². The summed E-state index contributed by atoms with van der Waals surface area (Å²) in [5, 5.41) is 12.2. The highest BCUT2D eigenvalue weighted by Gasteiger charge is 2.19. The molecule has 5 heteroatoms. The van der Waals surface area contributed by atoms with Crippen LogP contribution in [0.3, 0.4) is 0 Å². The van der Waals surface area contributed by atoms with Gasteiger partial charge in [-0.1, -0.05) is 42.5 Å². The van der Waals surface area contributed by atoms with Crippen LogP contribution in [0.4, 0.5) is 5.88 Å². The number of nitriles is 1. The SMILES string of the molecule is Cc1oc(NC(=O)/C(=C/c2ccc(OC(C)C)cc2)c2ccccc2)c(C#N)c1C. The molecule has 0 aliphatic rings. The first-order valence-electron chi connectivity index (χ1n) is 9.74. The number of carbonyl (C=O) groups excluding carboxylic acids is 1.